The first-order chi connectivity index (χ1) is 18.1. The molecule has 9 heteroatoms. The van der Waals surface area contributed by atoms with E-state index in [2.05, 4.69) is 10.5 Å². The molecule has 0 saturated carbocycles. The maximum absolute atomic E-state index is 14.2. The molecule has 38 heavy (non-hydrogen) atoms. The number of nitrogens with one attached hydrogen (secondary N) is 1. The van der Waals surface area contributed by atoms with E-state index in [0.29, 0.717) is 34.0 Å². The molecule has 1 saturated heterocycles. The first kappa shape index (κ1) is 25.8. The van der Waals surface area contributed by atoms with Crippen LogP contribution in [0.4, 0.5) is 4.39 Å². The van der Waals surface area contributed by atoms with Crippen molar-refractivity contribution in [3.8, 4) is 11.1 Å². The minimum absolute atomic E-state index is 0.0772. The number of likely N-dealkylation sites (tertiary alicyclic amines) is 1. The molecule has 1 aromatic heterocycles. The molecule has 5 rings (SSSR count). The summed E-state index contributed by atoms with van der Waals surface area (Å²) < 4.78 is 19.7. The Kier molecular flexibility index (Phi) is 6.65. The van der Waals surface area contributed by atoms with Gasteiger partial charge < -0.3 is 19.8 Å². The molecule has 8 nitrogen and oxygen atoms in total. The van der Waals surface area contributed by atoms with E-state index in [1.54, 1.807) is 67.3 Å². The zero-order valence-electron chi connectivity index (χ0n) is 21.8. The predicted octanol–water partition coefficient (Wildman–Crippen LogP) is 3.93. The van der Waals surface area contributed by atoms with Gasteiger partial charge in [-0.05, 0) is 37.0 Å². The summed E-state index contributed by atoms with van der Waals surface area (Å²) in [6.07, 6.45) is -0.493. The van der Waals surface area contributed by atoms with Crippen LogP contribution in [0.2, 0.25) is 0 Å². The van der Waals surface area contributed by atoms with Crippen molar-refractivity contribution in [2.45, 2.75) is 57.7 Å². The largest absolute Gasteiger partial charge is 0.391 e. The lowest BCUT2D eigenvalue weighted by atomic mass is 9.91. The fraction of sp³-hybridized carbons (Fsp3) is 0.379. The van der Waals surface area contributed by atoms with Crippen LogP contribution in [0.5, 0.6) is 0 Å². The molecule has 2 amide bonds. The first-order valence-electron chi connectivity index (χ1n) is 12.8. The monoisotopic (exact) mass is 518 g/mol. The summed E-state index contributed by atoms with van der Waals surface area (Å²) in [4.78, 5) is 33.3. The number of hydrogen-bond donors (Lipinski definition) is 2. The second-order valence-corrected chi connectivity index (χ2v) is 10.6. The van der Waals surface area contributed by atoms with E-state index in [9.17, 15) is 19.1 Å². The Bertz CT molecular complexity index is 1400. The zero-order valence-corrected chi connectivity index (χ0v) is 21.8. The van der Waals surface area contributed by atoms with E-state index in [4.69, 9.17) is 9.52 Å². The second-order valence-electron chi connectivity index (χ2n) is 10.6. The smallest absolute Gasteiger partial charge is 0.257 e. The molecule has 2 aliphatic heterocycles. The number of halogens is 1. The van der Waals surface area contributed by atoms with Gasteiger partial charge in [0.15, 0.2) is 5.54 Å². The number of amides is 2. The molecule has 0 bridgehead atoms. The van der Waals surface area contributed by atoms with E-state index < -0.39 is 23.6 Å². The van der Waals surface area contributed by atoms with Crippen LogP contribution in [0, 0.1) is 18.7 Å². The summed E-state index contributed by atoms with van der Waals surface area (Å²) in [7, 11) is 0. The number of aromatic nitrogens is 1. The number of aliphatic hydroxyl groups is 1. The maximum atomic E-state index is 14.2. The van der Waals surface area contributed by atoms with Crippen molar-refractivity contribution in [1.29, 1.82) is 0 Å². The number of aryl methyl sites for hydroxylation is 1. The average molecular weight is 519 g/mol. The van der Waals surface area contributed by atoms with E-state index >= 15 is 0 Å². The number of β-amino-alcohol motifs (C(OH)–C–C–N with tert-alkyl or cyclic N) is 1. The number of rotatable bonds is 6. The van der Waals surface area contributed by atoms with Crippen molar-refractivity contribution in [3.05, 3.63) is 77.4 Å². The lowest BCUT2D eigenvalue weighted by molar-refractivity contribution is -0.134. The maximum Gasteiger partial charge on any atom is 0.257 e. The molecule has 3 heterocycles. The van der Waals surface area contributed by atoms with Crippen LogP contribution >= 0.6 is 0 Å². The van der Waals surface area contributed by atoms with Gasteiger partial charge in [0.25, 0.3) is 5.91 Å². The minimum atomic E-state index is -1.23. The summed E-state index contributed by atoms with van der Waals surface area (Å²) in [6.45, 7) is 7.49. The minimum Gasteiger partial charge on any atom is -0.391 e. The van der Waals surface area contributed by atoms with E-state index in [1.165, 1.54) is 6.07 Å². The van der Waals surface area contributed by atoms with Crippen LogP contribution in [0.1, 0.15) is 50.1 Å². The highest BCUT2D eigenvalue weighted by Gasteiger charge is 2.48. The van der Waals surface area contributed by atoms with Crippen molar-refractivity contribution < 1.29 is 23.6 Å². The third-order valence-electron chi connectivity index (χ3n) is 7.42. The lowest BCUT2D eigenvalue weighted by Gasteiger charge is -2.29. The van der Waals surface area contributed by atoms with Crippen LogP contribution in [0.3, 0.4) is 0 Å². The molecule has 0 radical (unpaired) electrons. The molecule has 3 aromatic rings. The van der Waals surface area contributed by atoms with Gasteiger partial charge >= 0.3 is 0 Å². The van der Waals surface area contributed by atoms with Crippen LogP contribution in [-0.4, -0.2) is 51.5 Å². The van der Waals surface area contributed by atoms with Gasteiger partial charge in [-0.3, -0.25) is 9.59 Å². The number of amidine groups is 1. The quantitative estimate of drug-likeness (QED) is 0.514. The van der Waals surface area contributed by atoms with E-state index in [0.717, 1.165) is 0 Å². The zero-order chi connectivity index (χ0) is 27.2. The van der Waals surface area contributed by atoms with Gasteiger partial charge in [-0.25, -0.2) is 9.38 Å². The topological polar surface area (TPSA) is 108 Å². The number of benzene rings is 2. The summed E-state index contributed by atoms with van der Waals surface area (Å²) in [5, 5.41) is 17.3. The number of aliphatic hydroxyl groups excluding tert-OH is 1. The van der Waals surface area contributed by atoms with Crippen LogP contribution in [0.15, 0.2) is 64.1 Å². The number of aliphatic imine (C=N–C) groups is 1. The Labute approximate surface area is 220 Å². The number of hydrogen-bond acceptors (Lipinski definition) is 6. The Hall–Kier alpha value is -3.85. The van der Waals surface area contributed by atoms with Gasteiger partial charge in [-0.1, -0.05) is 61.5 Å². The van der Waals surface area contributed by atoms with Crippen LogP contribution in [-0.2, 0) is 15.1 Å². The standard InChI is InChI=1S/C29H31FN4O4/c1-16(2)25(24-13-17(3)33-38-24)27(36)34-15-20(35)14-23(34)26-31-28(37)29(4,32-26)19-11-9-18(10-12-19)21-7-5-6-8-22(21)30/h5-13,16,20,23,25,35H,14-15H2,1-4H3,(H,31,32,37)/t20-,23-,25+,29+/m1/s1. The highest BCUT2D eigenvalue weighted by molar-refractivity contribution is 6.11. The molecule has 2 N–H and O–H groups in total. The van der Waals surface area contributed by atoms with Crippen molar-refractivity contribution >= 4 is 17.6 Å². The molecule has 2 aromatic carbocycles. The van der Waals surface area contributed by atoms with Crippen molar-refractivity contribution in [1.82, 2.24) is 15.4 Å². The summed E-state index contributed by atoms with van der Waals surface area (Å²) in [6, 6.07) is 14.7. The SMILES string of the molecule is Cc1cc([C@@H](C(=O)N2C[C@H](O)C[C@@H]2C2=N[C@@](C)(c3ccc(-c4ccccc4F)cc3)C(=O)N2)C(C)C)on1. The third-order valence-corrected chi connectivity index (χ3v) is 7.42. The fourth-order valence-electron chi connectivity index (χ4n) is 5.34. The summed E-state index contributed by atoms with van der Waals surface area (Å²) in [5.74, 6) is -0.707. The van der Waals surface area contributed by atoms with E-state index in [-0.39, 0.29) is 36.5 Å². The molecule has 2 aliphatic rings. The Balaban J connectivity index is 1.43. The molecule has 4 atom stereocenters. The first-order valence-corrected chi connectivity index (χ1v) is 12.8. The van der Waals surface area contributed by atoms with Gasteiger partial charge in [0, 0.05) is 24.6 Å². The molecule has 0 unspecified atom stereocenters. The molecule has 0 spiro atoms. The highest BCUT2D eigenvalue weighted by Crippen LogP contribution is 2.36. The lowest BCUT2D eigenvalue weighted by Crippen LogP contribution is -2.48. The van der Waals surface area contributed by atoms with Gasteiger partial charge in [-0.15, -0.1) is 0 Å². The van der Waals surface area contributed by atoms with Gasteiger partial charge in [0.2, 0.25) is 5.91 Å². The van der Waals surface area contributed by atoms with Gasteiger partial charge in [0.1, 0.15) is 23.3 Å². The molecular formula is C29H31FN4O4. The second kappa shape index (κ2) is 9.79. The number of carbonyl (C=O) groups excluding carboxylic acids is 2. The summed E-state index contributed by atoms with van der Waals surface area (Å²) >= 11 is 0. The number of carbonyl (C=O) groups is 2. The van der Waals surface area contributed by atoms with Crippen molar-refractivity contribution in [2.24, 2.45) is 10.9 Å². The Morgan fingerprint density at radius 1 is 1.21 bits per heavy atom. The Morgan fingerprint density at radius 2 is 1.92 bits per heavy atom. The highest BCUT2D eigenvalue weighted by atomic mass is 19.1. The normalized spacial score (nSPS) is 24.0. The van der Waals surface area contributed by atoms with Gasteiger partial charge in [-0.2, -0.15) is 0 Å². The van der Waals surface area contributed by atoms with E-state index in [1.807, 2.05) is 13.8 Å². The number of nitrogens with zero attached hydrogens (tertiary/aromatic N) is 3. The third kappa shape index (κ3) is 4.51. The van der Waals surface area contributed by atoms with Gasteiger partial charge in [0.05, 0.1) is 17.8 Å². The Morgan fingerprint density at radius 3 is 2.55 bits per heavy atom. The van der Waals surface area contributed by atoms with Crippen LogP contribution < -0.4 is 5.32 Å². The molecule has 1 fully saturated rings. The molecule has 0 aliphatic carbocycles. The van der Waals surface area contributed by atoms with Crippen molar-refractivity contribution in [2.75, 3.05) is 6.54 Å². The molecular weight excluding hydrogens is 487 g/mol. The average Bonchev–Trinajstić information content (AvgIpc) is 3.57. The predicted molar refractivity (Wildman–Crippen MR) is 140 cm³/mol. The van der Waals surface area contributed by atoms with Crippen molar-refractivity contribution in [3.63, 3.8) is 0 Å². The van der Waals surface area contributed by atoms with Crippen LogP contribution in [0.25, 0.3) is 11.1 Å². The summed E-state index contributed by atoms with van der Waals surface area (Å²) in [5.41, 5.74) is 1.25. The fourth-order valence-corrected chi connectivity index (χ4v) is 5.34. The molecule has 198 valence electrons.